The summed E-state index contributed by atoms with van der Waals surface area (Å²) >= 11 is 0. The molecule has 5 rings (SSSR count). The first-order chi connectivity index (χ1) is 16.9. The van der Waals surface area contributed by atoms with Gasteiger partial charge in [0.2, 0.25) is 15.9 Å². The second kappa shape index (κ2) is 9.28. The van der Waals surface area contributed by atoms with Crippen LogP contribution in [0.3, 0.4) is 0 Å². The molecule has 0 radical (unpaired) electrons. The van der Waals surface area contributed by atoms with Crippen LogP contribution in [0.5, 0.6) is 0 Å². The molecule has 2 fully saturated rings. The summed E-state index contributed by atoms with van der Waals surface area (Å²) < 4.78 is 27.5. The highest BCUT2D eigenvalue weighted by molar-refractivity contribution is 7.89. The Morgan fingerprint density at radius 2 is 1.66 bits per heavy atom. The van der Waals surface area contributed by atoms with E-state index < -0.39 is 10.0 Å². The molecule has 0 aromatic heterocycles. The Morgan fingerprint density at radius 3 is 2.34 bits per heavy atom. The molecule has 180 valence electrons. The summed E-state index contributed by atoms with van der Waals surface area (Å²) in [6, 6.07) is 20.5. The zero-order valence-corrected chi connectivity index (χ0v) is 20.0. The normalized spacial score (nSPS) is 21.3. The molecule has 35 heavy (non-hydrogen) atoms. The SMILES string of the molecule is C=CC(=O)NC1C2CN(S(=O)(=O)c3ccc(C(=O)NCCc4ccc5ccccc5c4)cc3)CC21. The van der Waals surface area contributed by atoms with Crippen molar-refractivity contribution in [3.05, 3.63) is 90.5 Å². The second-order valence-corrected chi connectivity index (χ2v) is 11.0. The maximum atomic E-state index is 13.0. The zero-order valence-electron chi connectivity index (χ0n) is 19.2. The minimum Gasteiger partial charge on any atom is -0.352 e. The molecule has 3 aromatic carbocycles. The van der Waals surface area contributed by atoms with E-state index in [-0.39, 0.29) is 34.6 Å². The van der Waals surface area contributed by atoms with E-state index in [9.17, 15) is 18.0 Å². The van der Waals surface area contributed by atoms with Crippen molar-refractivity contribution in [1.82, 2.24) is 14.9 Å². The monoisotopic (exact) mass is 489 g/mol. The smallest absolute Gasteiger partial charge is 0.251 e. The first-order valence-corrected chi connectivity index (χ1v) is 13.1. The lowest BCUT2D eigenvalue weighted by Crippen LogP contribution is -2.37. The van der Waals surface area contributed by atoms with Crippen molar-refractivity contribution < 1.29 is 18.0 Å². The number of hydrogen-bond donors (Lipinski definition) is 2. The predicted molar refractivity (Wildman–Crippen MR) is 134 cm³/mol. The molecular formula is C27H27N3O4S. The van der Waals surface area contributed by atoms with Gasteiger partial charge < -0.3 is 10.6 Å². The topological polar surface area (TPSA) is 95.6 Å². The molecule has 8 heteroatoms. The third-order valence-electron chi connectivity index (χ3n) is 6.92. The van der Waals surface area contributed by atoms with Crippen molar-refractivity contribution in [2.45, 2.75) is 17.4 Å². The van der Waals surface area contributed by atoms with Crippen molar-refractivity contribution >= 4 is 32.6 Å². The van der Waals surface area contributed by atoms with Gasteiger partial charge in [-0.15, -0.1) is 0 Å². The van der Waals surface area contributed by atoms with Gasteiger partial charge in [-0.2, -0.15) is 4.31 Å². The third-order valence-corrected chi connectivity index (χ3v) is 8.77. The van der Waals surface area contributed by atoms with Crippen molar-refractivity contribution in [2.75, 3.05) is 19.6 Å². The fourth-order valence-corrected chi connectivity index (χ4v) is 6.38. The molecule has 0 bridgehead atoms. The van der Waals surface area contributed by atoms with Crippen LogP contribution in [0.4, 0.5) is 0 Å². The van der Waals surface area contributed by atoms with Crippen LogP contribution in [0, 0.1) is 11.8 Å². The molecule has 2 amide bonds. The lowest BCUT2D eigenvalue weighted by atomic mass is 10.1. The van der Waals surface area contributed by atoms with Gasteiger partial charge in [-0.3, -0.25) is 9.59 Å². The summed E-state index contributed by atoms with van der Waals surface area (Å²) in [4.78, 5) is 24.2. The molecule has 1 aliphatic carbocycles. The van der Waals surface area contributed by atoms with Gasteiger partial charge in [-0.1, -0.05) is 49.0 Å². The van der Waals surface area contributed by atoms with Gasteiger partial charge in [0.1, 0.15) is 0 Å². The highest BCUT2D eigenvalue weighted by Crippen LogP contribution is 2.47. The molecule has 1 saturated carbocycles. The number of benzene rings is 3. The second-order valence-electron chi connectivity index (χ2n) is 9.10. The lowest BCUT2D eigenvalue weighted by Gasteiger charge is -2.20. The largest absolute Gasteiger partial charge is 0.352 e. The van der Waals surface area contributed by atoms with Crippen LogP contribution in [0.1, 0.15) is 15.9 Å². The van der Waals surface area contributed by atoms with E-state index in [0.29, 0.717) is 31.6 Å². The Balaban J connectivity index is 1.14. The number of nitrogens with zero attached hydrogens (tertiary/aromatic N) is 1. The van der Waals surface area contributed by atoms with Crippen LogP contribution in [0.2, 0.25) is 0 Å². The van der Waals surface area contributed by atoms with Crippen LogP contribution in [-0.2, 0) is 21.2 Å². The summed E-state index contributed by atoms with van der Waals surface area (Å²) in [5.74, 6) is -0.189. The molecule has 3 aromatic rings. The van der Waals surface area contributed by atoms with Crippen LogP contribution in [0.25, 0.3) is 10.8 Å². The number of fused-ring (bicyclic) bond motifs is 2. The maximum absolute atomic E-state index is 13.0. The van der Waals surface area contributed by atoms with Gasteiger partial charge >= 0.3 is 0 Å². The van der Waals surface area contributed by atoms with Crippen LogP contribution in [-0.4, -0.2) is 50.2 Å². The summed E-state index contributed by atoms with van der Waals surface area (Å²) in [5, 5.41) is 8.10. The number of carbonyl (C=O) groups is 2. The molecule has 7 nitrogen and oxygen atoms in total. The first-order valence-electron chi connectivity index (χ1n) is 11.7. The Kier molecular flexibility index (Phi) is 6.17. The van der Waals surface area contributed by atoms with Gasteiger partial charge in [0.15, 0.2) is 0 Å². The molecule has 1 saturated heterocycles. The zero-order chi connectivity index (χ0) is 24.6. The first kappa shape index (κ1) is 23.3. The summed E-state index contributed by atoms with van der Waals surface area (Å²) in [5.41, 5.74) is 1.55. The predicted octanol–water partition coefficient (Wildman–Crippen LogP) is 2.73. The quantitative estimate of drug-likeness (QED) is 0.476. The van der Waals surface area contributed by atoms with E-state index in [1.54, 1.807) is 12.1 Å². The fraction of sp³-hybridized carbons (Fsp3) is 0.259. The van der Waals surface area contributed by atoms with Crippen LogP contribution < -0.4 is 10.6 Å². The number of hydrogen-bond acceptors (Lipinski definition) is 4. The molecule has 1 aliphatic heterocycles. The highest BCUT2D eigenvalue weighted by Gasteiger charge is 2.58. The average Bonchev–Trinajstić information content (AvgIpc) is 3.29. The minimum atomic E-state index is -3.64. The molecular weight excluding hydrogens is 462 g/mol. The fourth-order valence-electron chi connectivity index (χ4n) is 4.87. The maximum Gasteiger partial charge on any atom is 0.251 e. The number of nitrogens with one attached hydrogen (secondary N) is 2. The highest BCUT2D eigenvalue weighted by atomic mass is 32.2. The Hall–Kier alpha value is -3.49. The van der Waals surface area contributed by atoms with Crippen molar-refractivity contribution in [3.8, 4) is 0 Å². The molecule has 2 atom stereocenters. The Labute approximate surface area is 204 Å². The van der Waals surface area contributed by atoms with Gasteiger partial charge in [0.25, 0.3) is 5.91 Å². The molecule has 2 N–H and O–H groups in total. The molecule has 2 aliphatic rings. The van der Waals surface area contributed by atoms with Crippen LogP contribution in [0.15, 0.2) is 84.3 Å². The van der Waals surface area contributed by atoms with Gasteiger partial charge in [0, 0.05) is 31.2 Å². The van der Waals surface area contributed by atoms with Crippen molar-refractivity contribution in [3.63, 3.8) is 0 Å². The van der Waals surface area contributed by atoms with E-state index in [1.807, 2.05) is 12.1 Å². The van der Waals surface area contributed by atoms with E-state index in [0.717, 1.165) is 5.56 Å². The number of carbonyl (C=O) groups excluding carboxylic acids is 2. The Bertz CT molecular complexity index is 1390. The minimum absolute atomic E-state index is 0.0210. The van der Waals surface area contributed by atoms with Crippen molar-refractivity contribution in [2.24, 2.45) is 11.8 Å². The van der Waals surface area contributed by atoms with Gasteiger partial charge in [0.05, 0.1) is 4.90 Å². The van der Waals surface area contributed by atoms with E-state index in [4.69, 9.17) is 0 Å². The molecule has 2 unspecified atom stereocenters. The van der Waals surface area contributed by atoms with E-state index in [1.165, 1.54) is 33.3 Å². The van der Waals surface area contributed by atoms with Crippen molar-refractivity contribution in [1.29, 1.82) is 0 Å². The third kappa shape index (κ3) is 4.72. The number of piperidine rings is 1. The number of sulfonamides is 1. The van der Waals surface area contributed by atoms with Gasteiger partial charge in [-0.05, 0) is 64.9 Å². The number of rotatable bonds is 8. The summed E-state index contributed by atoms with van der Waals surface area (Å²) in [6.45, 7) is 4.69. The summed E-state index contributed by atoms with van der Waals surface area (Å²) in [6.07, 6.45) is 1.93. The molecule has 0 spiro atoms. The standard InChI is InChI=1S/C27H27N3O4S/c1-2-25(31)29-26-23-16-30(17-24(23)26)35(33,34)22-11-9-20(10-12-22)27(32)28-14-13-18-7-8-19-5-3-4-6-21(19)15-18/h2-12,15,23-24,26H,1,13-14,16-17H2,(H,28,32)(H,29,31). The average molecular weight is 490 g/mol. The molecule has 1 heterocycles. The van der Waals surface area contributed by atoms with Crippen LogP contribution >= 0.6 is 0 Å². The Morgan fingerprint density at radius 1 is 0.971 bits per heavy atom. The van der Waals surface area contributed by atoms with E-state index in [2.05, 4.69) is 47.5 Å². The van der Waals surface area contributed by atoms with E-state index >= 15 is 0 Å². The number of amides is 2. The lowest BCUT2D eigenvalue weighted by molar-refractivity contribution is -0.116. The summed E-state index contributed by atoms with van der Waals surface area (Å²) in [7, 11) is -3.64. The van der Waals surface area contributed by atoms with Gasteiger partial charge in [-0.25, -0.2) is 8.42 Å².